The maximum Gasteiger partial charge on any atom is 0.405 e. The number of aromatic nitrogens is 3. The standard InChI is InChI=1S/C18H15F3N6O3/c1-11-16(24-25-26(11)12-5-4-6-13(9-12)27(29)30)17(28)23-15-8-3-2-7-14(15)22-10-18(19,20)21/h2-9,22H,10H2,1H3,(H,23,28). The Morgan fingerprint density at radius 3 is 2.53 bits per heavy atom. The molecule has 156 valence electrons. The summed E-state index contributed by atoms with van der Waals surface area (Å²) in [6, 6.07) is 11.5. The number of amides is 1. The third-order valence-electron chi connectivity index (χ3n) is 4.05. The van der Waals surface area contributed by atoms with Gasteiger partial charge in [0, 0.05) is 12.1 Å². The summed E-state index contributed by atoms with van der Waals surface area (Å²) in [4.78, 5) is 23.0. The Bertz CT molecular complexity index is 1100. The number of carbonyl (C=O) groups excluding carboxylic acids is 1. The first-order chi connectivity index (χ1) is 14.2. The number of nitro groups is 1. The SMILES string of the molecule is Cc1c(C(=O)Nc2ccccc2NCC(F)(F)F)nnn1-c1cccc([N+](=O)[O-])c1. The molecule has 1 amide bonds. The summed E-state index contributed by atoms with van der Waals surface area (Å²) in [6.07, 6.45) is -4.42. The van der Waals surface area contributed by atoms with Crippen molar-refractivity contribution in [1.82, 2.24) is 15.0 Å². The van der Waals surface area contributed by atoms with Crippen LogP contribution in [0.4, 0.5) is 30.2 Å². The lowest BCUT2D eigenvalue weighted by Gasteiger charge is -2.14. The lowest BCUT2D eigenvalue weighted by atomic mass is 10.2. The Morgan fingerprint density at radius 2 is 1.87 bits per heavy atom. The maximum absolute atomic E-state index is 12.6. The Kier molecular flexibility index (Phi) is 5.67. The quantitative estimate of drug-likeness (QED) is 0.464. The predicted molar refractivity (Wildman–Crippen MR) is 102 cm³/mol. The number of carbonyl (C=O) groups is 1. The molecule has 12 heteroatoms. The summed E-state index contributed by atoms with van der Waals surface area (Å²) in [6.45, 7) is 0.281. The fourth-order valence-corrected chi connectivity index (χ4v) is 2.65. The molecule has 0 radical (unpaired) electrons. The van der Waals surface area contributed by atoms with Crippen LogP contribution in [0.3, 0.4) is 0 Å². The van der Waals surface area contributed by atoms with Crippen LogP contribution in [0.15, 0.2) is 48.5 Å². The second-order valence-corrected chi connectivity index (χ2v) is 6.18. The highest BCUT2D eigenvalue weighted by atomic mass is 19.4. The van der Waals surface area contributed by atoms with Crippen molar-refractivity contribution < 1.29 is 22.9 Å². The first kappa shape index (κ1) is 20.8. The normalized spacial score (nSPS) is 11.2. The van der Waals surface area contributed by atoms with Crippen molar-refractivity contribution in [3.63, 3.8) is 0 Å². The Morgan fingerprint density at radius 1 is 1.17 bits per heavy atom. The number of halogens is 3. The number of alkyl halides is 3. The number of anilines is 2. The molecule has 0 spiro atoms. The molecule has 0 fully saturated rings. The smallest absolute Gasteiger partial charge is 0.375 e. The van der Waals surface area contributed by atoms with Gasteiger partial charge in [0.25, 0.3) is 11.6 Å². The van der Waals surface area contributed by atoms with Gasteiger partial charge in [0.2, 0.25) is 0 Å². The summed E-state index contributed by atoms with van der Waals surface area (Å²) in [5.74, 6) is -0.689. The predicted octanol–water partition coefficient (Wildman–Crippen LogP) is 3.71. The first-order valence-electron chi connectivity index (χ1n) is 8.54. The summed E-state index contributed by atoms with van der Waals surface area (Å²) < 4.78 is 38.7. The second-order valence-electron chi connectivity index (χ2n) is 6.18. The van der Waals surface area contributed by atoms with Gasteiger partial charge in [-0.2, -0.15) is 13.2 Å². The minimum absolute atomic E-state index is 0.0767. The number of non-ortho nitro benzene ring substituents is 1. The van der Waals surface area contributed by atoms with E-state index in [9.17, 15) is 28.1 Å². The minimum Gasteiger partial charge on any atom is -0.375 e. The Labute approximate surface area is 167 Å². The van der Waals surface area contributed by atoms with Gasteiger partial charge in [-0.3, -0.25) is 14.9 Å². The van der Waals surface area contributed by atoms with E-state index in [-0.39, 0.29) is 22.8 Å². The number of nitrogens with zero attached hydrogens (tertiary/aromatic N) is 4. The second kappa shape index (κ2) is 8.19. The zero-order chi connectivity index (χ0) is 21.9. The molecular formula is C18H15F3N6O3. The topological polar surface area (TPSA) is 115 Å². The molecule has 3 rings (SSSR count). The van der Waals surface area contributed by atoms with E-state index >= 15 is 0 Å². The van der Waals surface area contributed by atoms with Gasteiger partial charge in [0.15, 0.2) is 5.69 Å². The van der Waals surface area contributed by atoms with E-state index in [1.807, 2.05) is 0 Å². The molecule has 2 aromatic carbocycles. The molecule has 1 heterocycles. The molecule has 0 aliphatic heterocycles. The minimum atomic E-state index is -4.42. The third kappa shape index (κ3) is 4.71. The third-order valence-corrected chi connectivity index (χ3v) is 4.05. The van der Waals surface area contributed by atoms with Crippen molar-refractivity contribution in [3.05, 3.63) is 70.0 Å². The molecule has 0 aliphatic carbocycles. The van der Waals surface area contributed by atoms with E-state index in [2.05, 4.69) is 20.9 Å². The van der Waals surface area contributed by atoms with Crippen LogP contribution < -0.4 is 10.6 Å². The lowest BCUT2D eigenvalue weighted by molar-refractivity contribution is -0.384. The van der Waals surface area contributed by atoms with Crippen LogP contribution in [0, 0.1) is 17.0 Å². The maximum atomic E-state index is 12.6. The van der Waals surface area contributed by atoms with Crippen molar-refractivity contribution >= 4 is 23.0 Å². The molecular weight excluding hydrogens is 405 g/mol. The van der Waals surface area contributed by atoms with Crippen LogP contribution >= 0.6 is 0 Å². The number of nitrogens with one attached hydrogen (secondary N) is 2. The number of hydrogen-bond donors (Lipinski definition) is 2. The summed E-state index contributed by atoms with van der Waals surface area (Å²) in [5.41, 5.74) is 0.627. The van der Waals surface area contributed by atoms with Gasteiger partial charge < -0.3 is 10.6 Å². The zero-order valence-electron chi connectivity index (χ0n) is 15.5. The monoisotopic (exact) mass is 420 g/mol. The van der Waals surface area contributed by atoms with E-state index in [0.29, 0.717) is 11.4 Å². The summed E-state index contributed by atoms with van der Waals surface area (Å²) in [7, 11) is 0. The van der Waals surface area contributed by atoms with E-state index in [1.54, 1.807) is 19.1 Å². The fraction of sp³-hybridized carbons (Fsp3) is 0.167. The van der Waals surface area contributed by atoms with Gasteiger partial charge in [-0.05, 0) is 25.1 Å². The van der Waals surface area contributed by atoms with Crippen molar-refractivity contribution in [1.29, 1.82) is 0 Å². The molecule has 0 bridgehead atoms. The largest absolute Gasteiger partial charge is 0.405 e. The van der Waals surface area contributed by atoms with E-state index in [1.165, 1.54) is 41.1 Å². The van der Waals surface area contributed by atoms with Crippen molar-refractivity contribution in [3.8, 4) is 5.69 Å². The highest BCUT2D eigenvalue weighted by Crippen LogP contribution is 2.25. The molecule has 9 nitrogen and oxygen atoms in total. The number of nitro benzene ring substituents is 1. The molecule has 3 aromatic rings. The van der Waals surface area contributed by atoms with Crippen molar-refractivity contribution in [2.24, 2.45) is 0 Å². The van der Waals surface area contributed by atoms with Gasteiger partial charge in [-0.15, -0.1) is 5.10 Å². The van der Waals surface area contributed by atoms with Crippen LogP contribution in [0.2, 0.25) is 0 Å². The lowest BCUT2D eigenvalue weighted by Crippen LogP contribution is -2.22. The van der Waals surface area contributed by atoms with Gasteiger partial charge in [0.05, 0.1) is 27.7 Å². The van der Waals surface area contributed by atoms with E-state index in [0.717, 1.165) is 0 Å². The number of para-hydroxylation sites is 2. The summed E-state index contributed by atoms with van der Waals surface area (Å²) >= 11 is 0. The van der Waals surface area contributed by atoms with Crippen LogP contribution in [0.5, 0.6) is 0 Å². The number of hydrogen-bond acceptors (Lipinski definition) is 6. The number of rotatable bonds is 6. The van der Waals surface area contributed by atoms with E-state index in [4.69, 9.17) is 0 Å². The molecule has 0 saturated heterocycles. The highest BCUT2D eigenvalue weighted by Gasteiger charge is 2.27. The Hall–Kier alpha value is -3.96. The first-order valence-corrected chi connectivity index (χ1v) is 8.54. The molecule has 0 aliphatic rings. The van der Waals surface area contributed by atoms with Gasteiger partial charge >= 0.3 is 6.18 Å². The number of benzene rings is 2. The van der Waals surface area contributed by atoms with Gasteiger partial charge in [-0.1, -0.05) is 23.4 Å². The van der Waals surface area contributed by atoms with Crippen LogP contribution in [-0.4, -0.2) is 38.5 Å². The van der Waals surface area contributed by atoms with Crippen LogP contribution in [0.1, 0.15) is 16.2 Å². The highest BCUT2D eigenvalue weighted by molar-refractivity contribution is 6.05. The zero-order valence-corrected chi connectivity index (χ0v) is 15.5. The Balaban J connectivity index is 1.83. The average Bonchev–Trinajstić information content (AvgIpc) is 3.08. The van der Waals surface area contributed by atoms with Crippen LogP contribution in [0.25, 0.3) is 5.69 Å². The molecule has 1 aromatic heterocycles. The fourth-order valence-electron chi connectivity index (χ4n) is 2.65. The summed E-state index contributed by atoms with van der Waals surface area (Å²) in [5, 5.41) is 23.4. The molecule has 0 atom stereocenters. The van der Waals surface area contributed by atoms with Crippen molar-refractivity contribution in [2.45, 2.75) is 13.1 Å². The molecule has 30 heavy (non-hydrogen) atoms. The van der Waals surface area contributed by atoms with Crippen LogP contribution in [-0.2, 0) is 0 Å². The van der Waals surface area contributed by atoms with E-state index < -0.39 is 23.6 Å². The molecule has 0 unspecified atom stereocenters. The van der Waals surface area contributed by atoms with Gasteiger partial charge in [-0.25, -0.2) is 4.68 Å². The average molecular weight is 420 g/mol. The molecule has 0 saturated carbocycles. The molecule has 2 N–H and O–H groups in total. The van der Waals surface area contributed by atoms with Gasteiger partial charge in [0.1, 0.15) is 6.54 Å². The van der Waals surface area contributed by atoms with Crippen molar-refractivity contribution in [2.75, 3.05) is 17.2 Å².